The number of pyridine rings is 1. The van der Waals surface area contributed by atoms with Crippen LogP contribution in [0.3, 0.4) is 0 Å². The lowest BCUT2D eigenvalue weighted by Gasteiger charge is -2.30. The lowest BCUT2D eigenvalue weighted by atomic mass is 10.1. The fourth-order valence-corrected chi connectivity index (χ4v) is 4.19. The van der Waals surface area contributed by atoms with Crippen molar-refractivity contribution in [2.45, 2.75) is 44.6 Å². The van der Waals surface area contributed by atoms with Gasteiger partial charge in [0.2, 0.25) is 5.13 Å². The molecule has 2 aliphatic rings. The molecule has 0 aromatic carbocycles. The molecule has 3 heterocycles. The Morgan fingerprint density at radius 1 is 1.30 bits per heavy atom. The number of ether oxygens (including phenoxy) is 2. The van der Waals surface area contributed by atoms with Crippen molar-refractivity contribution in [3.8, 4) is 0 Å². The maximum atomic E-state index is 6.26. The van der Waals surface area contributed by atoms with Gasteiger partial charge in [-0.15, -0.1) is 10.2 Å². The van der Waals surface area contributed by atoms with Crippen LogP contribution in [0, 0.1) is 6.92 Å². The average molecular weight is 332 g/mol. The van der Waals surface area contributed by atoms with E-state index in [1.807, 2.05) is 19.1 Å². The van der Waals surface area contributed by atoms with E-state index < -0.39 is 0 Å². The summed E-state index contributed by atoms with van der Waals surface area (Å²) in [5, 5.41) is 10.5. The van der Waals surface area contributed by atoms with E-state index in [1.54, 1.807) is 23.7 Å². The van der Waals surface area contributed by atoms with E-state index in [2.05, 4.69) is 20.1 Å². The fraction of sp³-hybridized carbons (Fsp3) is 0.562. The Bertz CT molecular complexity index is 651. The second-order valence-electron chi connectivity index (χ2n) is 5.98. The van der Waals surface area contributed by atoms with Gasteiger partial charge in [-0.1, -0.05) is 11.3 Å². The first-order valence-electron chi connectivity index (χ1n) is 8.00. The number of anilines is 1. The first-order chi connectivity index (χ1) is 11.3. The highest BCUT2D eigenvalue weighted by Crippen LogP contribution is 2.36. The number of aryl methyl sites for hydroxylation is 1. The summed E-state index contributed by atoms with van der Waals surface area (Å²) in [7, 11) is 0. The summed E-state index contributed by atoms with van der Waals surface area (Å²) < 4.78 is 12.3. The summed E-state index contributed by atoms with van der Waals surface area (Å²) in [6.45, 7) is 4.15. The monoisotopic (exact) mass is 332 g/mol. The largest absolute Gasteiger partial charge is 0.374 e. The van der Waals surface area contributed by atoms with E-state index in [9.17, 15) is 0 Å². The van der Waals surface area contributed by atoms with Gasteiger partial charge in [0.1, 0.15) is 11.1 Å². The normalized spacial score (nSPS) is 27.2. The molecule has 0 amide bonds. The first kappa shape index (κ1) is 15.0. The minimum absolute atomic E-state index is 0.0786. The number of hydrogen-bond acceptors (Lipinski definition) is 7. The lowest BCUT2D eigenvalue weighted by molar-refractivity contribution is -0.0554. The molecule has 1 aliphatic heterocycles. The molecule has 3 atom stereocenters. The summed E-state index contributed by atoms with van der Waals surface area (Å²) in [5.74, 6) is 0. The van der Waals surface area contributed by atoms with Gasteiger partial charge in [-0.3, -0.25) is 4.98 Å². The van der Waals surface area contributed by atoms with Crippen LogP contribution < -0.4 is 4.90 Å². The van der Waals surface area contributed by atoms with Crippen LogP contribution in [0.1, 0.15) is 23.4 Å². The quantitative estimate of drug-likeness (QED) is 0.855. The number of nitrogens with zero attached hydrogens (tertiary/aromatic N) is 4. The Morgan fingerprint density at radius 3 is 2.96 bits per heavy atom. The Kier molecular flexibility index (Phi) is 4.24. The van der Waals surface area contributed by atoms with E-state index in [1.165, 1.54) is 0 Å². The lowest BCUT2D eigenvalue weighted by Crippen LogP contribution is -2.43. The van der Waals surface area contributed by atoms with E-state index >= 15 is 0 Å². The van der Waals surface area contributed by atoms with Crippen LogP contribution in [-0.4, -0.2) is 46.6 Å². The topological polar surface area (TPSA) is 60.4 Å². The molecule has 2 bridgehead atoms. The summed E-state index contributed by atoms with van der Waals surface area (Å²) in [4.78, 5) is 6.38. The van der Waals surface area contributed by atoms with Gasteiger partial charge in [-0.25, -0.2) is 0 Å². The molecule has 2 aromatic heterocycles. The molecule has 1 saturated heterocycles. The molecule has 0 N–H and O–H groups in total. The van der Waals surface area contributed by atoms with Gasteiger partial charge in [-0.2, -0.15) is 0 Å². The summed E-state index contributed by atoms with van der Waals surface area (Å²) in [5.41, 5.74) is 1.14. The minimum atomic E-state index is 0.0786. The van der Waals surface area contributed by atoms with Crippen LogP contribution in [-0.2, 0) is 16.1 Å². The van der Waals surface area contributed by atoms with E-state index in [4.69, 9.17) is 9.47 Å². The third-order valence-corrected chi connectivity index (χ3v) is 5.39. The zero-order chi connectivity index (χ0) is 15.6. The summed E-state index contributed by atoms with van der Waals surface area (Å²) in [6, 6.07) is 4.30. The first-order valence-corrected chi connectivity index (χ1v) is 8.82. The molecule has 1 aliphatic carbocycles. The van der Waals surface area contributed by atoms with E-state index in [-0.39, 0.29) is 12.2 Å². The van der Waals surface area contributed by atoms with Gasteiger partial charge < -0.3 is 14.4 Å². The molecule has 4 rings (SSSR count). The third-order valence-electron chi connectivity index (χ3n) is 4.51. The van der Waals surface area contributed by atoms with Crippen molar-refractivity contribution in [3.05, 3.63) is 35.1 Å². The molecule has 1 saturated carbocycles. The maximum absolute atomic E-state index is 6.26. The zero-order valence-electron chi connectivity index (χ0n) is 13.1. The van der Waals surface area contributed by atoms with Crippen molar-refractivity contribution in [1.29, 1.82) is 0 Å². The van der Waals surface area contributed by atoms with Crippen molar-refractivity contribution in [3.63, 3.8) is 0 Å². The van der Waals surface area contributed by atoms with Crippen molar-refractivity contribution in [1.82, 2.24) is 15.2 Å². The zero-order valence-corrected chi connectivity index (χ0v) is 13.9. The number of rotatable bonds is 4. The number of fused-ring (bicyclic) bond motifs is 2. The van der Waals surface area contributed by atoms with Crippen molar-refractivity contribution >= 4 is 16.5 Å². The smallest absolute Gasteiger partial charge is 0.208 e. The Morgan fingerprint density at radius 2 is 2.17 bits per heavy atom. The molecule has 23 heavy (non-hydrogen) atoms. The minimum Gasteiger partial charge on any atom is -0.374 e. The summed E-state index contributed by atoms with van der Waals surface area (Å²) in [6.07, 6.45) is 5.97. The average Bonchev–Trinajstić information content (AvgIpc) is 3.10. The van der Waals surface area contributed by atoms with Gasteiger partial charge >= 0.3 is 0 Å². The molecule has 0 spiro atoms. The second kappa shape index (κ2) is 6.51. The van der Waals surface area contributed by atoms with E-state index in [0.29, 0.717) is 12.6 Å². The second-order valence-corrected chi connectivity index (χ2v) is 7.14. The predicted octanol–water partition coefficient (Wildman–Crippen LogP) is 2.19. The van der Waals surface area contributed by atoms with Crippen LogP contribution in [0.15, 0.2) is 24.5 Å². The fourth-order valence-electron chi connectivity index (χ4n) is 3.42. The molecule has 2 aromatic rings. The van der Waals surface area contributed by atoms with E-state index in [0.717, 1.165) is 41.7 Å². The highest BCUT2D eigenvalue weighted by Gasteiger charge is 2.44. The molecular weight excluding hydrogens is 312 g/mol. The Labute approximate surface area is 139 Å². The van der Waals surface area contributed by atoms with Gasteiger partial charge in [0.15, 0.2) is 0 Å². The summed E-state index contributed by atoms with van der Waals surface area (Å²) >= 11 is 1.64. The standard InChI is InChI=1S/C16H20N4O2S/c1-11-18-19-16(23-11)20-8-9-21-14-3-2-13(20)15(14)22-10-12-4-6-17-7-5-12/h4-7,13-15H,2-3,8-10H2,1H3/t13-,14-,15+/m0/s1. The van der Waals surface area contributed by atoms with Crippen LogP contribution in [0.5, 0.6) is 0 Å². The Balaban J connectivity index is 1.51. The van der Waals surface area contributed by atoms with Crippen molar-refractivity contribution in [2.24, 2.45) is 0 Å². The van der Waals surface area contributed by atoms with Crippen LogP contribution in [0.25, 0.3) is 0 Å². The number of aromatic nitrogens is 3. The van der Waals surface area contributed by atoms with Gasteiger partial charge in [0.25, 0.3) is 0 Å². The molecule has 2 fully saturated rings. The third kappa shape index (κ3) is 3.08. The highest BCUT2D eigenvalue weighted by atomic mass is 32.1. The molecular formula is C16H20N4O2S. The molecule has 0 radical (unpaired) electrons. The highest BCUT2D eigenvalue weighted by molar-refractivity contribution is 7.15. The predicted molar refractivity (Wildman–Crippen MR) is 87.6 cm³/mol. The number of hydrogen-bond donors (Lipinski definition) is 0. The molecule has 6 nitrogen and oxygen atoms in total. The van der Waals surface area contributed by atoms with Gasteiger partial charge in [0.05, 0.1) is 25.4 Å². The molecule has 122 valence electrons. The maximum Gasteiger partial charge on any atom is 0.208 e. The van der Waals surface area contributed by atoms with Gasteiger partial charge in [-0.05, 0) is 37.5 Å². The molecule has 7 heteroatoms. The van der Waals surface area contributed by atoms with Crippen molar-refractivity contribution < 1.29 is 9.47 Å². The van der Waals surface area contributed by atoms with Crippen LogP contribution >= 0.6 is 11.3 Å². The van der Waals surface area contributed by atoms with Crippen LogP contribution in [0.2, 0.25) is 0 Å². The molecule has 0 unspecified atom stereocenters. The Hall–Kier alpha value is -1.57. The van der Waals surface area contributed by atoms with Gasteiger partial charge in [0, 0.05) is 18.9 Å². The van der Waals surface area contributed by atoms with Crippen LogP contribution in [0.4, 0.5) is 5.13 Å². The SMILES string of the molecule is Cc1nnc(N2CCO[C@H]3CC[C@H]2[C@H]3OCc2ccncc2)s1. The van der Waals surface area contributed by atoms with Crippen molar-refractivity contribution in [2.75, 3.05) is 18.1 Å².